The Morgan fingerprint density at radius 2 is 1.60 bits per heavy atom. The summed E-state index contributed by atoms with van der Waals surface area (Å²) < 4.78 is 5.17. The number of amides is 1. The van der Waals surface area contributed by atoms with Crippen molar-refractivity contribution in [1.82, 2.24) is 10.6 Å². The molecule has 0 aliphatic heterocycles. The first kappa shape index (κ1) is 23.4. The SMILES string of the molecule is CC(C)(C)OC(=O)NCCCC[C@H](NCc1ccc(-c2ccccc2)cc1)C(=O)O. The minimum absolute atomic E-state index is 0.450. The zero-order chi connectivity index (χ0) is 22.0. The van der Waals surface area contributed by atoms with E-state index in [1.165, 1.54) is 0 Å². The van der Waals surface area contributed by atoms with Crippen LogP contribution in [0.25, 0.3) is 11.1 Å². The van der Waals surface area contributed by atoms with Crippen molar-refractivity contribution < 1.29 is 19.4 Å². The number of aliphatic carboxylic acids is 1. The molecule has 0 aromatic heterocycles. The van der Waals surface area contributed by atoms with Crippen molar-refractivity contribution >= 4 is 12.1 Å². The number of carbonyl (C=O) groups is 2. The number of unbranched alkanes of at least 4 members (excludes halogenated alkanes) is 1. The molecule has 0 aliphatic rings. The van der Waals surface area contributed by atoms with Crippen molar-refractivity contribution in [3.05, 3.63) is 60.2 Å². The summed E-state index contributed by atoms with van der Waals surface area (Å²) in [4.78, 5) is 23.1. The van der Waals surface area contributed by atoms with Gasteiger partial charge in [0.05, 0.1) is 0 Å². The number of ether oxygens (including phenoxy) is 1. The quantitative estimate of drug-likeness (QED) is 0.497. The van der Waals surface area contributed by atoms with Crippen molar-refractivity contribution in [3.8, 4) is 11.1 Å². The van der Waals surface area contributed by atoms with Gasteiger partial charge in [-0.15, -0.1) is 0 Å². The molecular formula is C24H32N2O4. The number of carbonyl (C=O) groups excluding carboxylic acids is 1. The van der Waals surface area contributed by atoms with Gasteiger partial charge in [0.25, 0.3) is 0 Å². The highest BCUT2D eigenvalue weighted by atomic mass is 16.6. The molecule has 6 nitrogen and oxygen atoms in total. The van der Waals surface area contributed by atoms with Crippen LogP contribution in [0.5, 0.6) is 0 Å². The van der Waals surface area contributed by atoms with E-state index in [9.17, 15) is 14.7 Å². The summed E-state index contributed by atoms with van der Waals surface area (Å²) in [6.07, 6.45) is 1.42. The normalized spacial score (nSPS) is 12.2. The first-order valence-electron chi connectivity index (χ1n) is 10.3. The Morgan fingerprint density at radius 1 is 0.967 bits per heavy atom. The van der Waals surface area contributed by atoms with E-state index in [0.717, 1.165) is 16.7 Å². The van der Waals surface area contributed by atoms with Crippen molar-refractivity contribution in [2.24, 2.45) is 0 Å². The van der Waals surface area contributed by atoms with E-state index >= 15 is 0 Å². The summed E-state index contributed by atoms with van der Waals surface area (Å²) in [6.45, 7) is 6.38. The Labute approximate surface area is 178 Å². The molecule has 2 rings (SSSR count). The molecule has 2 aromatic rings. The van der Waals surface area contributed by atoms with Gasteiger partial charge in [0.15, 0.2) is 0 Å². The van der Waals surface area contributed by atoms with E-state index in [4.69, 9.17) is 4.74 Å². The van der Waals surface area contributed by atoms with Gasteiger partial charge < -0.3 is 20.5 Å². The number of alkyl carbamates (subject to hydrolysis) is 1. The second kappa shape index (κ2) is 11.4. The molecule has 0 spiro atoms. The number of nitrogens with one attached hydrogen (secondary N) is 2. The van der Waals surface area contributed by atoms with Gasteiger partial charge in [-0.05, 0) is 56.7 Å². The third-order valence-corrected chi connectivity index (χ3v) is 4.50. The van der Waals surface area contributed by atoms with Crippen molar-refractivity contribution in [1.29, 1.82) is 0 Å². The molecule has 6 heteroatoms. The Balaban J connectivity index is 1.73. The minimum Gasteiger partial charge on any atom is -0.480 e. The molecule has 0 saturated carbocycles. The maximum Gasteiger partial charge on any atom is 0.407 e. The third-order valence-electron chi connectivity index (χ3n) is 4.50. The summed E-state index contributed by atoms with van der Waals surface area (Å²) in [7, 11) is 0. The predicted octanol–water partition coefficient (Wildman–Crippen LogP) is 4.59. The average Bonchev–Trinajstić information content (AvgIpc) is 2.69. The van der Waals surface area contributed by atoms with Crippen LogP contribution in [0.15, 0.2) is 54.6 Å². The number of hydrogen-bond donors (Lipinski definition) is 3. The lowest BCUT2D eigenvalue weighted by Crippen LogP contribution is -2.36. The number of rotatable bonds is 10. The second-order valence-electron chi connectivity index (χ2n) is 8.26. The van der Waals surface area contributed by atoms with Crippen molar-refractivity contribution in [3.63, 3.8) is 0 Å². The molecule has 0 aliphatic carbocycles. The van der Waals surface area contributed by atoms with Crippen LogP contribution in [0.3, 0.4) is 0 Å². The molecule has 0 bridgehead atoms. The van der Waals surface area contributed by atoms with Crippen LogP contribution in [0.2, 0.25) is 0 Å². The first-order valence-corrected chi connectivity index (χ1v) is 10.3. The van der Waals surface area contributed by atoms with E-state index in [-0.39, 0.29) is 0 Å². The second-order valence-corrected chi connectivity index (χ2v) is 8.26. The molecule has 30 heavy (non-hydrogen) atoms. The fraction of sp³-hybridized carbons (Fsp3) is 0.417. The average molecular weight is 413 g/mol. The zero-order valence-electron chi connectivity index (χ0n) is 18.0. The van der Waals surface area contributed by atoms with Crippen molar-refractivity contribution in [2.75, 3.05) is 6.54 Å². The maximum absolute atomic E-state index is 11.6. The van der Waals surface area contributed by atoms with E-state index in [2.05, 4.69) is 22.8 Å². The Bertz CT molecular complexity index is 798. The van der Waals surface area contributed by atoms with Gasteiger partial charge in [-0.3, -0.25) is 4.79 Å². The largest absolute Gasteiger partial charge is 0.480 e. The maximum atomic E-state index is 11.6. The molecule has 0 fully saturated rings. The molecule has 0 radical (unpaired) electrons. The lowest BCUT2D eigenvalue weighted by molar-refractivity contribution is -0.139. The molecule has 2 aromatic carbocycles. The third kappa shape index (κ3) is 8.66. The van der Waals surface area contributed by atoms with Crippen LogP contribution < -0.4 is 10.6 Å². The summed E-state index contributed by atoms with van der Waals surface area (Å²) in [6, 6.07) is 17.6. The van der Waals surface area contributed by atoms with Crippen LogP contribution in [-0.2, 0) is 16.1 Å². The minimum atomic E-state index is -0.865. The highest BCUT2D eigenvalue weighted by molar-refractivity contribution is 5.73. The molecule has 0 unspecified atom stereocenters. The summed E-state index contributed by atoms with van der Waals surface area (Å²) >= 11 is 0. The summed E-state index contributed by atoms with van der Waals surface area (Å²) in [5.41, 5.74) is 2.79. The monoisotopic (exact) mass is 412 g/mol. The van der Waals surface area contributed by atoms with Gasteiger partial charge in [-0.2, -0.15) is 0 Å². The fourth-order valence-corrected chi connectivity index (χ4v) is 2.98. The Morgan fingerprint density at radius 3 is 2.20 bits per heavy atom. The summed E-state index contributed by atoms with van der Waals surface area (Å²) in [5, 5.41) is 15.3. The smallest absolute Gasteiger partial charge is 0.407 e. The van der Waals surface area contributed by atoms with Gasteiger partial charge in [0, 0.05) is 13.1 Å². The van der Waals surface area contributed by atoms with Crippen LogP contribution in [0.4, 0.5) is 4.79 Å². The van der Waals surface area contributed by atoms with Crippen LogP contribution in [0.1, 0.15) is 45.6 Å². The first-order chi connectivity index (χ1) is 14.2. The number of benzene rings is 2. The van der Waals surface area contributed by atoms with E-state index in [0.29, 0.717) is 32.4 Å². The van der Waals surface area contributed by atoms with Crippen LogP contribution >= 0.6 is 0 Å². The van der Waals surface area contributed by atoms with Crippen LogP contribution in [-0.4, -0.2) is 35.4 Å². The molecule has 0 saturated heterocycles. The highest BCUT2D eigenvalue weighted by Crippen LogP contribution is 2.19. The topological polar surface area (TPSA) is 87.7 Å². The molecule has 3 N–H and O–H groups in total. The number of carboxylic acids is 1. The molecular weight excluding hydrogens is 380 g/mol. The molecule has 162 valence electrons. The van der Waals surface area contributed by atoms with Gasteiger partial charge >= 0.3 is 12.1 Å². The van der Waals surface area contributed by atoms with Crippen LogP contribution in [0, 0.1) is 0 Å². The van der Waals surface area contributed by atoms with Gasteiger partial charge in [0.1, 0.15) is 11.6 Å². The number of carboxylic acid groups (broad SMARTS) is 1. The van der Waals surface area contributed by atoms with E-state index in [1.807, 2.05) is 63.2 Å². The van der Waals surface area contributed by atoms with Gasteiger partial charge in [-0.25, -0.2) is 4.79 Å². The van der Waals surface area contributed by atoms with Gasteiger partial charge in [0.2, 0.25) is 0 Å². The highest BCUT2D eigenvalue weighted by Gasteiger charge is 2.17. The van der Waals surface area contributed by atoms with Gasteiger partial charge in [-0.1, -0.05) is 54.6 Å². The Hall–Kier alpha value is -2.86. The number of hydrogen-bond acceptors (Lipinski definition) is 4. The molecule has 0 heterocycles. The van der Waals surface area contributed by atoms with E-state index in [1.54, 1.807) is 0 Å². The standard InChI is InChI=1S/C24H32N2O4/c1-24(2,3)30-23(29)25-16-8-7-11-21(22(27)28)26-17-18-12-14-20(15-13-18)19-9-5-4-6-10-19/h4-6,9-10,12-15,21,26H,7-8,11,16-17H2,1-3H3,(H,25,29)(H,27,28)/t21-/m0/s1. The zero-order valence-corrected chi connectivity index (χ0v) is 18.0. The predicted molar refractivity (Wildman–Crippen MR) is 118 cm³/mol. The van der Waals surface area contributed by atoms with Crippen molar-refractivity contribution in [2.45, 2.75) is 58.2 Å². The molecule has 1 amide bonds. The lowest BCUT2D eigenvalue weighted by Gasteiger charge is -2.19. The lowest BCUT2D eigenvalue weighted by atomic mass is 10.0. The fourth-order valence-electron chi connectivity index (χ4n) is 2.98. The Kier molecular flexibility index (Phi) is 8.87. The summed E-state index contributed by atoms with van der Waals surface area (Å²) in [5.74, 6) is -0.865. The molecule has 1 atom stereocenters. The van der Waals surface area contributed by atoms with E-state index < -0.39 is 23.7 Å².